The number of hydrogen-bond acceptors (Lipinski definition) is 5. The molecule has 1 atom stereocenters. The summed E-state index contributed by atoms with van der Waals surface area (Å²) in [7, 11) is 1.63. The third-order valence-corrected chi connectivity index (χ3v) is 4.50. The van der Waals surface area contributed by atoms with Gasteiger partial charge in [0.2, 0.25) is 5.91 Å². The van der Waals surface area contributed by atoms with Crippen molar-refractivity contribution in [1.29, 1.82) is 0 Å². The minimum absolute atomic E-state index is 0.0493. The number of benzene rings is 1. The third kappa shape index (κ3) is 4.19. The van der Waals surface area contributed by atoms with E-state index in [2.05, 4.69) is 22.3 Å². The van der Waals surface area contributed by atoms with Crippen LogP contribution in [0.15, 0.2) is 18.2 Å². The quantitative estimate of drug-likeness (QED) is 0.803. The lowest BCUT2D eigenvalue weighted by Gasteiger charge is -2.25. The Balaban J connectivity index is 1.64. The van der Waals surface area contributed by atoms with Gasteiger partial charge < -0.3 is 19.5 Å². The lowest BCUT2D eigenvalue weighted by molar-refractivity contribution is -0.122. The van der Waals surface area contributed by atoms with Crippen LogP contribution in [0.5, 0.6) is 11.5 Å². The van der Waals surface area contributed by atoms with Gasteiger partial charge in [-0.05, 0) is 37.1 Å². The predicted molar refractivity (Wildman–Crippen MR) is 90.5 cm³/mol. The van der Waals surface area contributed by atoms with E-state index in [9.17, 15) is 4.79 Å². The summed E-state index contributed by atoms with van der Waals surface area (Å²) >= 11 is 0. The normalized spacial score (nSPS) is 20.6. The van der Waals surface area contributed by atoms with Crippen LogP contribution in [0, 0.1) is 0 Å². The van der Waals surface area contributed by atoms with Crippen LogP contribution in [-0.2, 0) is 9.53 Å². The fourth-order valence-electron chi connectivity index (χ4n) is 3.31. The van der Waals surface area contributed by atoms with E-state index in [0.29, 0.717) is 32.9 Å². The molecule has 1 aromatic rings. The Morgan fingerprint density at radius 1 is 1.29 bits per heavy atom. The number of ether oxygens (including phenoxy) is 3. The number of nitrogens with zero attached hydrogens (tertiary/aromatic N) is 1. The average molecular weight is 334 g/mol. The van der Waals surface area contributed by atoms with Crippen LogP contribution >= 0.6 is 0 Å². The highest BCUT2D eigenvalue weighted by atomic mass is 16.5. The highest BCUT2D eigenvalue weighted by Gasteiger charge is 2.28. The molecule has 2 aliphatic rings. The minimum Gasteiger partial charge on any atom is -0.490 e. The van der Waals surface area contributed by atoms with Crippen molar-refractivity contribution in [3.8, 4) is 11.5 Å². The summed E-state index contributed by atoms with van der Waals surface area (Å²) in [5.74, 6) is 1.69. The Labute approximate surface area is 143 Å². The van der Waals surface area contributed by atoms with Gasteiger partial charge in [0.25, 0.3) is 0 Å². The van der Waals surface area contributed by atoms with E-state index in [-0.39, 0.29) is 11.9 Å². The van der Waals surface area contributed by atoms with Crippen molar-refractivity contribution in [2.75, 3.05) is 46.6 Å². The van der Waals surface area contributed by atoms with Gasteiger partial charge in [-0.25, -0.2) is 0 Å². The highest BCUT2D eigenvalue weighted by molar-refractivity contribution is 5.78. The Morgan fingerprint density at radius 2 is 2.12 bits per heavy atom. The summed E-state index contributed by atoms with van der Waals surface area (Å²) in [6.45, 7) is 3.84. The van der Waals surface area contributed by atoms with Crippen molar-refractivity contribution in [1.82, 2.24) is 10.2 Å². The van der Waals surface area contributed by atoms with Gasteiger partial charge in [-0.1, -0.05) is 6.07 Å². The molecule has 132 valence electrons. The zero-order valence-corrected chi connectivity index (χ0v) is 14.3. The smallest absolute Gasteiger partial charge is 0.234 e. The maximum Gasteiger partial charge on any atom is 0.234 e. The van der Waals surface area contributed by atoms with Gasteiger partial charge in [0.1, 0.15) is 0 Å². The Kier molecular flexibility index (Phi) is 5.93. The molecule has 0 unspecified atom stereocenters. The lowest BCUT2D eigenvalue weighted by Crippen LogP contribution is -2.38. The van der Waals surface area contributed by atoms with Crippen molar-refractivity contribution < 1.29 is 19.0 Å². The summed E-state index contributed by atoms with van der Waals surface area (Å²) in [5.41, 5.74) is 1.20. The molecule has 1 saturated heterocycles. The number of rotatable bonds is 6. The van der Waals surface area contributed by atoms with E-state index in [0.717, 1.165) is 37.3 Å². The first-order chi connectivity index (χ1) is 11.8. The average Bonchev–Trinajstić information content (AvgIpc) is 2.90. The molecule has 0 radical (unpaired) electrons. The Bertz CT molecular complexity index is 564. The van der Waals surface area contributed by atoms with Gasteiger partial charge in [0.15, 0.2) is 11.5 Å². The van der Waals surface area contributed by atoms with Crippen molar-refractivity contribution in [3.63, 3.8) is 0 Å². The van der Waals surface area contributed by atoms with E-state index in [4.69, 9.17) is 14.2 Å². The molecule has 0 saturated carbocycles. The van der Waals surface area contributed by atoms with Crippen LogP contribution in [0.25, 0.3) is 0 Å². The number of fused-ring (bicyclic) bond motifs is 1. The molecule has 1 amide bonds. The molecule has 1 fully saturated rings. The van der Waals surface area contributed by atoms with E-state index in [1.54, 1.807) is 7.11 Å². The van der Waals surface area contributed by atoms with Crippen molar-refractivity contribution in [3.05, 3.63) is 23.8 Å². The highest BCUT2D eigenvalue weighted by Crippen LogP contribution is 2.37. The van der Waals surface area contributed by atoms with Crippen LogP contribution in [-0.4, -0.2) is 57.4 Å². The van der Waals surface area contributed by atoms with E-state index in [1.165, 1.54) is 5.56 Å². The molecule has 24 heavy (non-hydrogen) atoms. The van der Waals surface area contributed by atoms with E-state index in [1.807, 2.05) is 6.07 Å². The van der Waals surface area contributed by atoms with Crippen molar-refractivity contribution in [2.24, 2.45) is 0 Å². The SMILES string of the molecule is COCCNC(=O)CN1CCC[C@@H]1c1ccc2c(c1)OCCCO2. The summed E-state index contributed by atoms with van der Waals surface area (Å²) in [5, 5.41) is 2.89. The van der Waals surface area contributed by atoms with Crippen molar-refractivity contribution >= 4 is 5.91 Å². The van der Waals surface area contributed by atoms with Gasteiger partial charge >= 0.3 is 0 Å². The Hall–Kier alpha value is -1.79. The summed E-state index contributed by atoms with van der Waals surface area (Å²) in [6, 6.07) is 6.42. The number of nitrogens with one attached hydrogen (secondary N) is 1. The first kappa shape index (κ1) is 17.0. The molecular weight excluding hydrogens is 308 g/mol. The monoisotopic (exact) mass is 334 g/mol. The Morgan fingerprint density at radius 3 is 2.96 bits per heavy atom. The van der Waals surface area contributed by atoms with Gasteiger partial charge in [0.05, 0.1) is 26.4 Å². The summed E-state index contributed by atoms with van der Waals surface area (Å²) < 4.78 is 16.5. The summed E-state index contributed by atoms with van der Waals surface area (Å²) in [6.07, 6.45) is 3.07. The zero-order valence-electron chi connectivity index (χ0n) is 14.3. The molecule has 0 bridgehead atoms. The molecule has 0 aliphatic carbocycles. The number of likely N-dealkylation sites (tertiary alicyclic amines) is 1. The second kappa shape index (κ2) is 8.35. The van der Waals surface area contributed by atoms with E-state index >= 15 is 0 Å². The molecular formula is C18H26N2O4. The standard InChI is InChI=1S/C18H26N2O4/c1-22-11-7-19-18(21)13-20-8-2-4-15(20)14-5-6-16-17(12-14)24-10-3-9-23-16/h5-6,12,15H,2-4,7-11,13H2,1H3,(H,19,21)/t15-/m1/s1. The molecule has 2 aliphatic heterocycles. The third-order valence-electron chi connectivity index (χ3n) is 4.50. The first-order valence-electron chi connectivity index (χ1n) is 8.67. The minimum atomic E-state index is 0.0493. The lowest BCUT2D eigenvalue weighted by atomic mass is 10.0. The van der Waals surface area contributed by atoms with Crippen LogP contribution in [0.4, 0.5) is 0 Å². The summed E-state index contributed by atoms with van der Waals surface area (Å²) in [4.78, 5) is 14.3. The molecule has 3 rings (SSSR count). The molecule has 0 spiro atoms. The fraction of sp³-hybridized carbons (Fsp3) is 0.611. The number of methoxy groups -OCH3 is 1. The van der Waals surface area contributed by atoms with Crippen LogP contribution in [0.2, 0.25) is 0 Å². The van der Waals surface area contributed by atoms with Gasteiger partial charge in [-0.15, -0.1) is 0 Å². The second-order valence-electron chi connectivity index (χ2n) is 6.23. The van der Waals surface area contributed by atoms with E-state index < -0.39 is 0 Å². The molecule has 6 nitrogen and oxygen atoms in total. The van der Waals surface area contributed by atoms with Crippen LogP contribution in [0.1, 0.15) is 30.9 Å². The maximum absolute atomic E-state index is 12.1. The molecule has 1 N–H and O–H groups in total. The first-order valence-corrected chi connectivity index (χ1v) is 8.67. The number of hydrogen-bond donors (Lipinski definition) is 1. The predicted octanol–water partition coefficient (Wildman–Crippen LogP) is 1.75. The molecule has 6 heteroatoms. The number of carbonyl (C=O) groups excluding carboxylic acids is 1. The zero-order chi connectivity index (χ0) is 16.8. The maximum atomic E-state index is 12.1. The van der Waals surface area contributed by atoms with Gasteiger partial charge in [0, 0.05) is 26.1 Å². The topological polar surface area (TPSA) is 60.0 Å². The van der Waals surface area contributed by atoms with Crippen LogP contribution < -0.4 is 14.8 Å². The largest absolute Gasteiger partial charge is 0.490 e. The van der Waals surface area contributed by atoms with Crippen molar-refractivity contribution in [2.45, 2.75) is 25.3 Å². The second-order valence-corrected chi connectivity index (χ2v) is 6.23. The van der Waals surface area contributed by atoms with Gasteiger partial charge in [-0.2, -0.15) is 0 Å². The number of amides is 1. The van der Waals surface area contributed by atoms with Gasteiger partial charge in [-0.3, -0.25) is 9.69 Å². The number of carbonyl (C=O) groups is 1. The molecule has 1 aromatic carbocycles. The van der Waals surface area contributed by atoms with Crippen LogP contribution in [0.3, 0.4) is 0 Å². The molecule has 0 aromatic heterocycles. The fourth-order valence-corrected chi connectivity index (χ4v) is 3.31. The molecule has 2 heterocycles.